The number of rotatable bonds is 6. The van der Waals surface area contributed by atoms with E-state index in [0.717, 1.165) is 25.0 Å². The number of Topliss-reactive ketones (excluding diaryl/α,β-unsaturated/α-hetero) is 1. The number of hydrogen-bond acceptors (Lipinski definition) is 7. The van der Waals surface area contributed by atoms with Crippen LogP contribution in [0.5, 0.6) is 0 Å². The fourth-order valence-electron chi connectivity index (χ4n) is 3.37. The van der Waals surface area contributed by atoms with Crippen molar-refractivity contribution in [2.75, 3.05) is 11.5 Å². The van der Waals surface area contributed by atoms with Crippen LogP contribution in [0.4, 0.5) is 10.6 Å². The topological polar surface area (TPSA) is 139 Å². The van der Waals surface area contributed by atoms with Crippen LogP contribution in [0.2, 0.25) is 0 Å². The quantitative estimate of drug-likeness (QED) is 0.340. The molecule has 0 bridgehead atoms. The number of urea groups is 1. The lowest BCUT2D eigenvalue weighted by Gasteiger charge is -2.16. The van der Waals surface area contributed by atoms with Gasteiger partial charge in [0.25, 0.3) is 0 Å². The minimum absolute atomic E-state index is 0.0704. The molecule has 0 saturated carbocycles. The maximum atomic E-state index is 12.3. The molecule has 2 aromatic heterocycles. The van der Waals surface area contributed by atoms with E-state index in [4.69, 9.17) is 5.73 Å². The molecule has 2 amide bonds. The summed E-state index contributed by atoms with van der Waals surface area (Å²) in [4.78, 5) is 38.8. The molecule has 3 atom stereocenters. The van der Waals surface area contributed by atoms with Crippen LogP contribution in [0.25, 0.3) is 11.2 Å². The summed E-state index contributed by atoms with van der Waals surface area (Å²) in [7, 11) is 0. The minimum atomic E-state index is -0.121. The van der Waals surface area contributed by atoms with Gasteiger partial charge in [-0.25, -0.2) is 19.7 Å². The zero-order valence-electron chi connectivity index (χ0n) is 13.5. The van der Waals surface area contributed by atoms with Gasteiger partial charge in [-0.3, -0.25) is 4.79 Å². The third kappa shape index (κ3) is 3.13. The number of nitrogens with one attached hydrogen (secondary N) is 3. The van der Waals surface area contributed by atoms with Crippen molar-refractivity contribution in [3.63, 3.8) is 0 Å². The number of carbonyl (C=O) groups is 2. The number of aromatic amines is 1. The van der Waals surface area contributed by atoms with Gasteiger partial charge in [0, 0.05) is 17.4 Å². The van der Waals surface area contributed by atoms with Gasteiger partial charge in [-0.2, -0.15) is 11.8 Å². The summed E-state index contributed by atoms with van der Waals surface area (Å²) >= 11 is 1.88. The highest BCUT2D eigenvalue weighted by molar-refractivity contribution is 8.00. The maximum absolute atomic E-state index is 12.3. The first-order chi connectivity index (χ1) is 12.1. The van der Waals surface area contributed by atoms with Gasteiger partial charge in [0.1, 0.15) is 5.52 Å². The first-order valence-electron chi connectivity index (χ1n) is 8.30. The maximum Gasteiger partial charge on any atom is 0.315 e. The third-order valence-electron chi connectivity index (χ3n) is 4.64. The highest BCUT2D eigenvalue weighted by Crippen LogP contribution is 2.33. The lowest BCUT2D eigenvalue weighted by molar-refractivity contribution is 0.0969. The monoisotopic (exact) mass is 361 g/mol. The van der Waals surface area contributed by atoms with Crippen LogP contribution in [0.15, 0.2) is 6.33 Å². The Kier molecular flexibility index (Phi) is 4.20. The first kappa shape index (κ1) is 16.1. The van der Waals surface area contributed by atoms with Crippen LogP contribution >= 0.6 is 11.8 Å². The van der Waals surface area contributed by atoms with Crippen molar-refractivity contribution in [3.8, 4) is 0 Å². The number of aromatic nitrogens is 4. The second-order valence-electron chi connectivity index (χ2n) is 6.32. The number of amides is 2. The molecule has 2 aromatic rings. The second-order valence-corrected chi connectivity index (χ2v) is 7.60. The summed E-state index contributed by atoms with van der Waals surface area (Å²) in [6.07, 6.45) is 4.51. The average Bonchev–Trinajstić information content (AvgIpc) is 3.27. The third-order valence-corrected chi connectivity index (χ3v) is 6.15. The summed E-state index contributed by atoms with van der Waals surface area (Å²) in [5.41, 5.74) is 6.78. The zero-order chi connectivity index (χ0) is 17.4. The second kappa shape index (κ2) is 6.51. The van der Waals surface area contributed by atoms with E-state index in [1.54, 1.807) is 0 Å². The number of fused-ring (bicyclic) bond motifs is 2. The molecule has 2 aliphatic heterocycles. The number of hydrogen-bond donors (Lipinski definition) is 4. The van der Waals surface area contributed by atoms with Gasteiger partial charge >= 0.3 is 6.03 Å². The molecule has 0 spiro atoms. The van der Waals surface area contributed by atoms with Crippen LogP contribution in [0.3, 0.4) is 0 Å². The van der Waals surface area contributed by atoms with Gasteiger partial charge in [-0.05, 0) is 12.8 Å². The van der Waals surface area contributed by atoms with E-state index < -0.39 is 0 Å². The zero-order valence-corrected chi connectivity index (χ0v) is 14.3. The van der Waals surface area contributed by atoms with Crippen molar-refractivity contribution in [2.45, 2.75) is 43.0 Å². The van der Waals surface area contributed by atoms with Gasteiger partial charge < -0.3 is 21.4 Å². The molecule has 2 aliphatic rings. The van der Waals surface area contributed by atoms with Crippen molar-refractivity contribution < 1.29 is 9.59 Å². The standard InChI is InChI=1S/C15H19N7O2S/c16-12-11-14(18-6-17-11)22-13(21-12)8(23)3-1-2-4-9-10-7(5-25-9)19-15(24)20-10/h6-7,9-10H,1-5H2,(H2,19,20,24)(H3,16,17,18,21,22)/t7-,9-,10-/m0/s1. The Bertz CT molecular complexity index is 823. The number of thioether (sulfide) groups is 1. The number of nitrogens with two attached hydrogens (primary N) is 1. The Balaban J connectivity index is 1.28. The largest absolute Gasteiger partial charge is 0.382 e. The highest BCUT2D eigenvalue weighted by atomic mass is 32.2. The summed E-state index contributed by atoms with van der Waals surface area (Å²) in [5.74, 6) is 1.19. The number of imidazole rings is 1. The molecule has 10 heteroatoms. The number of ketones is 1. The van der Waals surface area contributed by atoms with E-state index in [0.29, 0.717) is 22.8 Å². The SMILES string of the molecule is Nc1nc(C(=O)CCCC[C@@H]2SC[C@@H]3NC(=O)N[C@@H]32)nc2nc[nH]c12. The molecule has 4 heterocycles. The number of anilines is 1. The summed E-state index contributed by atoms with van der Waals surface area (Å²) in [6, 6.07) is 0.374. The Morgan fingerprint density at radius 1 is 1.32 bits per heavy atom. The molecule has 9 nitrogen and oxygen atoms in total. The van der Waals surface area contributed by atoms with Crippen LogP contribution in [-0.2, 0) is 0 Å². The lowest BCUT2D eigenvalue weighted by Crippen LogP contribution is -2.36. The molecule has 2 saturated heterocycles. The summed E-state index contributed by atoms with van der Waals surface area (Å²) in [6.45, 7) is 0. The van der Waals surface area contributed by atoms with Crippen molar-refractivity contribution in [2.24, 2.45) is 0 Å². The van der Waals surface area contributed by atoms with E-state index in [-0.39, 0.29) is 35.5 Å². The van der Waals surface area contributed by atoms with Crippen LogP contribution in [0, 0.1) is 0 Å². The fourth-order valence-corrected chi connectivity index (χ4v) is 4.91. The molecule has 0 unspecified atom stereocenters. The van der Waals surface area contributed by atoms with Crippen molar-refractivity contribution in [1.82, 2.24) is 30.6 Å². The van der Waals surface area contributed by atoms with E-state index >= 15 is 0 Å². The molecule has 0 aromatic carbocycles. The Morgan fingerprint density at radius 2 is 2.20 bits per heavy atom. The summed E-state index contributed by atoms with van der Waals surface area (Å²) < 4.78 is 0. The van der Waals surface area contributed by atoms with Gasteiger partial charge in [-0.15, -0.1) is 0 Å². The van der Waals surface area contributed by atoms with Crippen molar-refractivity contribution >= 4 is 40.6 Å². The van der Waals surface area contributed by atoms with Gasteiger partial charge in [0.2, 0.25) is 0 Å². The van der Waals surface area contributed by atoms with Gasteiger partial charge in [0.15, 0.2) is 23.1 Å². The van der Waals surface area contributed by atoms with Crippen LogP contribution in [0.1, 0.15) is 36.3 Å². The predicted molar refractivity (Wildman–Crippen MR) is 94.4 cm³/mol. The van der Waals surface area contributed by atoms with E-state index in [2.05, 4.69) is 30.6 Å². The fraction of sp³-hybridized carbons (Fsp3) is 0.533. The lowest BCUT2D eigenvalue weighted by atomic mass is 10.0. The normalized spacial score (nSPS) is 25.0. The molecule has 4 rings (SSSR count). The van der Waals surface area contributed by atoms with Crippen LogP contribution < -0.4 is 16.4 Å². The van der Waals surface area contributed by atoms with Crippen molar-refractivity contribution in [1.29, 1.82) is 0 Å². The molecule has 0 aliphatic carbocycles. The molecule has 5 N–H and O–H groups in total. The van der Waals surface area contributed by atoms with E-state index in [9.17, 15) is 9.59 Å². The van der Waals surface area contributed by atoms with Crippen molar-refractivity contribution in [3.05, 3.63) is 12.2 Å². The first-order valence-corrected chi connectivity index (χ1v) is 9.35. The minimum Gasteiger partial charge on any atom is -0.382 e. The van der Waals surface area contributed by atoms with Crippen LogP contribution in [-0.4, -0.2) is 54.8 Å². The number of H-pyrrole nitrogens is 1. The molecule has 132 valence electrons. The van der Waals surface area contributed by atoms with E-state index in [1.807, 2.05) is 11.8 Å². The number of unbranched alkanes of at least 4 members (excludes halogenated alkanes) is 1. The van der Waals surface area contributed by atoms with Gasteiger partial charge in [0.05, 0.1) is 18.4 Å². The molecular weight excluding hydrogens is 342 g/mol. The Morgan fingerprint density at radius 3 is 3.08 bits per heavy atom. The number of nitrogens with zero attached hydrogens (tertiary/aromatic N) is 3. The average molecular weight is 361 g/mol. The van der Waals surface area contributed by atoms with E-state index in [1.165, 1.54) is 6.33 Å². The highest BCUT2D eigenvalue weighted by Gasteiger charge is 2.42. The number of carbonyl (C=O) groups excluding carboxylic acids is 2. The summed E-state index contributed by atoms with van der Waals surface area (Å²) in [5, 5.41) is 6.32. The van der Waals surface area contributed by atoms with Gasteiger partial charge in [-0.1, -0.05) is 6.42 Å². The molecule has 2 fully saturated rings. The molecule has 25 heavy (non-hydrogen) atoms. The Labute approximate surface area is 148 Å². The smallest absolute Gasteiger partial charge is 0.315 e. The Hall–Kier alpha value is -2.36. The molecule has 0 radical (unpaired) electrons. The predicted octanol–water partition coefficient (Wildman–Crippen LogP) is 0.844. The number of nitrogen functional groups attached to an aromatic ring is 1. The molecular formula is C15H19N7O2S.